The van der Waals surface area contributed by atoms with Crippen LogP contribution in [0.3, 0.4) is 0 Å². The van der Waals surface area contributed by atoms with Gasteiger partial charge in [0.15, 0.2) is 0 Å². The molecular weight excluding hydrogens is 349 g/mol. The zero-order chi connectivity index (χ0) is 15.6. The van der Waals surface area contributed by atoms with Crippen molar-refractivity contribution in [1.82, 2.24) is 5.32 Å². The van der Waals surface area contributed by atoms with Crippen molar-refractivity contribution in [1.29, 1.82) is 0 Å². The van der Waals surface area contributed by atoms with E-state index >= 15 is 0 Å². The molecule has 2 N–H and O–H groups in total. The van der Waals surface area contributed by atoms with Gasteiger partial charge in [0.2, 0.25) is 0 Å². The third kappa shape index (κ3) is 3.66. The molecule has 1 amide bonds. The molecule has 2 rings (SSSR count). The second-order valence-electron chi connectivity index (χ2n) is 4.60. The summed E-state index contributed by atoms with van der Waals surface area (Å²) in [4.78, 5) is 12.8. The average Bonchev–Trinajstić information content (AvgIpc) is 2.76. The summed E-state index contributed by atoms with van der Waals surface area (Å²) in [6.45, 7) is 1.88. The molecule has 0 bridgehead atoms. The molecule has 114 valence electrons. The van der Waals surface area contributed by atoms with Crippen LogP contribution in [-0.2, 0) is 0 Å². The van der Waals surface area contributed by atoms with Gasteiger partial charge in [-0.15, -0.1) is 11.3 Å². The number of fused-ring (bicyclic) bond motifs is 1. The zero-order valence-electron chi connectivity index (χ0n) is 11.5. The van der Waals surface area contributed by atoms with Gasteiger partial charge in [0, 0.05) is 26.4 Å². The summed E-state index contributed by atoms with van der Waals surface area (Å²) in [5.74, 6) is -0.225. The Bertz CT molecular complexity index is 656. The lowest BCUT2D eigenvalue weighted by atomic mass is 10.2. The molecule has 7 heteroatoms. The van der Waals surface area contributed by atoms with E-state index in [4.69, 9.17) is 23.2 Å². The van der Waals surface area contributed by atoms with Crippen LogP contribution in [0.2, 0.25) is 10.0 Å². The predicted molar refractivity (Wildman–Crippen MR) is 93.2 cm³/mol. The summed E-state index contributed by atoms with van der Waals surface area (Å²) in [7, 11) is 0. The maximum Gasteiger partial charge on any atom is 0.263 e. The Hall–Kier alpha value is -0.460. The van der Waals surface area contributed by atoms with Crippen LogP contribution >= 0.6 is 46.3 Å². The minimum Gasteiger partial charge on any atom is -0.395 e. The van der Waals surface area contributed by atoms with Gasteiger partial charge in [-0.3, -0.25) is 4.79 Å². The summed E-state index contributed by atoms with van der Waals surface area (Å²) < 4.78 is 0.883. The molecule has 1 heterocycles. The smallest absolute Gasteiger partial charge is 0.263 e. The van der Waals surface area contributed by atoms with Crippen LogP contribution in [-0.4, -0.2) is 35.2 Å². The zero-order valence-corrected chi connectivity index (χ0v) is 14.7. The third-order valence-electron chi connectivity index (χ3n) is 3.20. The number of amides is 1. The first-order valence-corrected chi connectivity index (χ1v) is 9.16. The maximum absolute atomic E-state index is 12.4. The van der Waals surface area contributed by atoms with Crippen LogP contribution in [0.4, 0.5) is 0 Å². The van der Waals surface area contributed by atoms with Gasteiger partial charge in [-0.05, 0) is 25.3 Å². The molecule has 0 saturated carbocycles. The normalized spacial score (nSPS) is 14.1. The molecule has 1 aromatic heterocycles. The van der Waals surface area contributed by atoms with Crippen LogP contribution in [0, 0.1) is 0 Å². The summed E-state index contributed by atoms with van der Waals surface area (Å²) in [6, 6.07) is 5.21. The van der Waals surface area contributed by atoms with Gasteiger partial charge in [0.1, 0.15) is 4.88 Å². The van der Waals surface area contributed by atoms with Crippen molar-refractivity contribution in [3.8, 4) is 0 Å². The topological polar surface area (TPSA) is 49.3 Å². The molecule has 21 heavy (non-hydrogen) atoms. The number of carbonyl (C=O) groups excluding carboxylic acids is 1. The number of thiophene rings is 1. The first kappa shape index (κ1) is 16.9. The van der Waals surface area contributed by atoms with Gasteiger partial charge in [0.05, 0.1) is 11.6 Å². The largest absolute Gasteiger partial charge is 0.395 e. The van der Waals surface area contributed by atoms with E-state index in [1.165, 1.54) is 23.1 Å². The summed E-state index contributed by atoms with van der Waals surface area (Å²) in [6.07, 6.45) is 1.90. The number of rotatable bonds is 5. The van der Waals surface area contributed by atoms with E-state index in [-0.39, 0.29) is 23.8 Å². The molecule has 0 spiro atoms. The van der Waals surface area contributed by atoms with Gasteiger partial charge in [0.25, 0.3) is 5.91 Å². The summed E-state index contributed by atoms with van der Waals surface area (Å²) >= 11 is 15.1. The maximum atomic E-state index is 12.4. The first-order valence-electron chi connectivity index (χ1n) is 6.30. The number of hydrogen-bond donors (Lipinski definition) is 2. The highest BCUT2D eigenvalue weighted by molar-refractivity contribution is 7.99. The predicted octanol–water partition coefficient (Wildman–Crippen LogP) is 4.05. The molecule has 2 aromatic rings. The van der Waals surface area contributed by atoms with E-state index in [9.17, 15) is 9.90 Å². The molecule has 0 aliphatic carbocycles. The van der Waals surface area contributed by atoms with Crippen molar-refractivity contribution in [2.24, 2.45) is 0 Å². The van der Waals surface area contributed by atoms with Crippen LogP contribution in [0.15, 0.2) is 18.2 Å². The number of nitrogens with one attached hydrogen (secondary N) is 1. The molecule has 1 aromatic carbocycles. The minimum absolute atomic E-state index is 0.0123. The highest BCUT2D eigenvalue weighted by Gasteiger charge is 2.22. The van der Waals surface area contributed by atoms with Crippen molar-refractivity contribution in [3.63, 3.8) is 0 Å². The van der Waals surface area contributed by atoms with Gasteiger partial charge in [-0.25, -0.2) is 0 Å². The standard InChI is InChI=1S/C14H15Cl2NO2S2/c1-7(11(6-18)20-2)17-14(19)13-12(16)9-4-3-8(15)5-10(9)21-13/h3-5,7,11,18H,6H2,1-2H3,(H,17,19). The van der Waals surface area contributed by atoms with Crippen LogP contribution < -0.4 is 5.32 Å². The first-order chi connectivity index (χ1) is 9.97. The van der Waals surface area contributed by atoms with E-state index < -0.39 is 0 Å². The van der Waals surface area contributed by atoms with E-state index in [2.05, 4.69) is 5.32 Å². The molecule has 0 aliphatic heterocycles. The third-order valence-corrected chi connectivity index (χ3v) is 6.25. The highest BCUT2D eigenvalue weighted by Crippen LogP contribution is 2.36. The van der Waals surface area contributed by atoms with Gasteiger partial charge in [-0.1, -0.05) is 29.3 Å². The monoisotopic (exact) mass is 363 g/mol. The fourth-order valence-corrected chi connectivity index (χ4v) is 4.31. The lowest BCUT2D eigenvalue weighted by Gasteiger charge is -2.20. The number of halogens is 2. The van der Waals surface area contributed by atoms with Gasteiger partial charge >= 0.3 is 0 Å². The van der Waals surface area contributed by atoms with Crippen molar-refractivity contribution in [2.45, 2.75) is 18.2 Å². The second-order valence-corrected chi connectivity index (χ2v) is 7.55. The lowest BCUT2D eigenvalue weighted by molar-refractivity contribution is 0.0940. The average molecular weight is 364 g/mol. The molecular formula is C14H15Cl2NO2S2. The quantitative estimate of drug-likeness (QED) is 0.842. The van der Waals surface area contributed by atoms with Crippen molar-refractivity contribution in [2.75, 3.05) is 12.9 Å². The van der Waals surface area contributed by atoms with Crippen LogP contribution in [0.1, 0.15) is 16.6 Å². The SMILES string of the molecule is CSC(CO)C(C)NC(=O)c1sc2cc(Cl)ccc2c1Cl. The molecule has 2 unspecified atom stereocenters. The highest BCUT2D eigenvalue weighted by atomic mass is 35.5. The fourth-order valence-electron chi connectivity index (χ4n) is 1.99. The van der Waals surface area contributed by atoms with Gasteiger partial charge < -0.3 is 10.4 Å². The number of aliphatic hydroxyl groups excluding tert-OH is 1. The Morgan fingerprint density at radius 1 is 1.48 bits per heavy atom. The summed E-state index contributed by atoms with van der Waals surface area (Å²) in [5.41, 5.74) is 0. The van der Waals surface area contributed by atoms with Crippen molar-refractivity contribution in [3.05, 3.63) is 33.1 Å². The fraction of sp³-hybridized carbons (Fsp3) is 0.357. The minimum atomic E-state index is -0.225. The number of hydrogen-bond acceptors (Lipinski definition) is 4. The lowest BCUT2D eigenvalue weighted by Crippen LogP contribution is -2.41. The van der Waals surface area contributed by atoms with Gasteiger partial charge in [-0.2, -0.15) is 11.8 Å². The molecule has 2 atom stereocenters. The van der Waals surface area contributed by atoms with Crippen LogP contribution in [0.5, 0.6) is 0 Å². The van der Waals surface area contributed by atoms with E-state index in [0.717, 1.165) is 10.1 Å². The summed E-state index contributed by atoms with van der Waals surface area (Å²) in [5, 5.41) is 14.0. The van der Waals surface area contributed by atoms with Crippen LogP contribution in [0.25, 0.3) is 10.1 Å². The molecule has 0 saturated heterocycles. The molecule has 0 aliphatic rings. The Balaban J connectivity index is 2.25. The Morgan fingerprint density at radius 3 is 2.81 bits per heavy atom. The number of benzene rings is 1. The van der Waals surface area contributed by atoms with Crippen molar-refractivity contribution >= 4 is 62.3 Å². The molecule has 0 fully saturated rings. The Morgan fingerprint density at radius 2 is 2.19 bits per heavy atom. The molecule has 3 nitrogen and oxygen atoms in total. The van der Waals surface area contributed by atoms with Crippen molar-refractivity contribution < 1.29 is 9.90 Å². The Labute approximate surface area is 141 Å². The van der Waals surface area contributed by atoms with E-state index in [1.54, 1.807) is 12.1 Å². The Kier molecular flexibility index (Phi) is 5.80. The number of carbonyl (C=O) groups is 1. The van der Waals surface area contributed by atoms with E-state index in [0.29, 0.717) is 14.9 Å². The number of aliphatic hydroxyl groups is 1. The number of thioether (sulfide) groups is 1. The van der Waals surface area contributed by atoms with E-state index in [1.807, 2.05) is 19.2 Å². The molecule has 0 radical (unpaired) electrons. The second kappa shape index (κ2) is 7.20.